The number of nitrogens with zero attached hydrogens (tertiary/aromatic N) is 2. The Morgan fingerprint density at radius 1 is 1.26 bits per heavy atom. The lowest BCUT2D eigenvalue weighted by Gasteiger charge is -2.36. The van der Waals surface area contributed by atoms with E-state index in [1.165, 1.54) is 16.8 Å². The number of hydrogen-bond donors (Lipinski definition) is 4. The second-order valence-corrected chi connectivity index (χ2v) is 8.57. The number of hydrazine groups is 1. The average Bonchev–Trinajstić information content (AvgIpc) is 3.13. The zero-order valence-electron chi connectivity index (χ0n) is 17.2. The molecule has 5 N–H and O–H groups in total. The van der Waals surface area contributed by atoms with E-state index in [9.17, 15) is 13.6 Å². The zero-order valence-corrected chi connectivity index (χ0v) is 18.0. The largest absolute Gasteiger partial charge is 0.369 e. The average molecular weight is 447 g/mol. The summed E-state index contributed by atoms with van der Waals surface area (Å²) in [5, 5.41) is 13.3. The fourth-order valence-corrected chi connectivity index (χ4v) is 4.59. The molecule has 31 heavy (non-hydrogen) atoms. The molecular formula is C21H24F2N6OS. The van der Waals surface area contributed by atoms with E-state index >= 15 is 0 Å². The lowest BCUT2D eigenvalue weighted by molar-refractivity contribution is -0.138. The maximum Gasteiger partial charge on any atom is 0.246 e. The maximum absolute atomic E-state index is 14.5. The second kappa shape index (κ2) is 9.44. The number of halogens is 2. The van der Waals surface area contributed by atoms with E-state index in [2.05, 4.69) is 16.0 Å². The molecule has 0 bridgehead atoms. The smallest absolute Gasteiger partial charge is 0.246 e. The lowest BCUT2D eigenvalue weighted by Crippen LogP contribution is -2.47. The van der Waals surface area contributed by atoms with Crippen LogP contribution in [0.25, 0.3) is 0 Å². The molecule has 1 aliphatic rings. The number of carbonyl (C=O) groups is 1. The summed E-state index contributed by atoms with van der Waals surface area (Å²) in [6.07, 6.45) is 0.352. The first kappa shape index (κ1) is 22.7. The molecule has 0 radical (unpaired) electrons. The number of nitrogens with two attached hydrogens (primary N) is 1. The van der Waals surface area contributed by atoms with Crippen molar-refractivity contribution >= 4 is 28.7 Å². The highest BCUT2D eigenvalue weighted by atomic mass is 32.2. The van der Waals surface area contributed by atoms with Crippen LogP contribution in [0.4, 0.5) is 8.78 Å². The van der Waals surface area contributed by atoms with Gasteiger partial charge in [-0.15, -0.1) is 0 Å². The highest BCUT2D eigenvalue weighted by molar-refractivity contribution is 8.15. The second-order valence-electron chi connectivity index (χ2n) is 7.30. The van der Waals surface area contributed by atoms with Gasteiger partial charge < -0.3 is 5.73 Å². The quantitative estimate of drug-likeness (QED) is 0.226. The van der Waals surface area contributed by atoms with Gasteiger partial charge in [-0.2, -0.15) is 5.10 Å². The van der Waals surface area contributed by atoms with Gasteiger partial charge in [0.2, 0.25) is 5.91 Å². The van der Waals surface area contributed by atoms with E-state index in [4.69, 9.17) is 11.1 Å². The molecule has 1 aliphatic heterocycles. The van der Waals surface area contributed by atoms with Crippen molar-refractivity contribution in [2.75, 3.05) is 6.54 Å². The highest BCUT2D eigenvalue weighted by Gasteiger charge is 2.49. The van der Waals surface area contributed by atoms with Gasteiger partial charge in [0.25, 0.3) is 0 Å². The third-order valence-corrected chi connectivity index (χ3v) is 6.14. The van der Waals surface area contributed by atoms with Crippen LogP contribution < -0.4 is 16.6 Å². The van der Waals surface area contributed by atoms with Crippen molar-refractivity contribution in [3.8, 4) is 0 Å². The van der Waals surface area contributed by atoms with E-state index in [0.717, 1.165) is 23.8 Å². The molecule has 0 fully saturated rings. The Labute approximate surface area is 183 Å². The molecule has 1 amide bonds. The van der Waals surface area contributed by atoms with Crippen LogP contribution in [-0.2, 0) is 9.67 Å². The molecule has 1 unspecified atom stereocenters. The van der Waals surface area contributed by atoms with Gasteiger partial charge in [0.05, 0.1) is 0 Å². The van der Waals surface area contributed by atoms with Gasteiger partial charge in [-0.1, -0.05) is 55.9 Å². The van der Waals surface area contributed by atoms with E-state index in [1.807, 2.05) is 30.3 Å². The highest BCUT2D eigenvalue weighted by Crippen LogP contribution is 2.50. The first-order valence-electron chi connectivity index (χ1n) is 9.70. The molecule has 2 aromatic rings. The van der Waals surface area contributed by atoms with Gasteiger partial charge in [0.1, 0.15) is 21.5 Å². The van der Waals surface area contributed by atoms with E-state index in [1.54, 1.807) is 13.8 Å². The van der Waals surface area contributed by atoms with Crippen LogP contribution in [0, 0.1) is 23.0 Å². The Bertz CT molecular complexity index is 1000. The van der Waals surface area contributed by atoms with Gasteiger partial charge in [-0.05, 0) is 23.8 Å². The topological polar surface area (TPSA) is 107 Å². The van der Waals surface area contributed by atoms with Crippen LogP contribution in [0.5, 0.6) is 0 Å². The summed E-state index contributed by atoms with van der Waals surface area (Å²) < 4.78 is 28.4. The van der Waals surface area contributed by atoms with Gasteiger partial charge in [-0.25, -0.2) is 19.2 Å². The van der Waals surface area contributed by atoms with Gasteiger partial charge in [0.15, 0.2) is 5.96 Å². The number of guanidine groups is 1. The number of hydrogen-bond acceptors (Lipinski definition) is 5. The Morgan fingerprint density at radius 2 is 1.97 bits per heavy atom. The summed E-state index contributed by atoms with van der Waals surface area (Å²) >= 11 is 1.20. The monoisotopic (exact) mass is 446 g/mol. The standard InChI is InChI=1S/C21H24F2N6OS/c1-13(2)19(30)29-21(10-11-26-27-20(24)25,14-6-4-3-5-7-14)31-18(28-29)16-12-15(22)8-9-17(16)23/h3-9,12-13,26H,10-11H2,1-2H3,(H4,24,25,27). The first-order valence-corrected chi connectivity index (χ1v) is 10.5. The molecule has 164 valence electrons. The van der Waals surface area contributed by atoms with Crippen molar-refractivity contribution < 1.29 is 13.6 Å². The van der Waals surface area contributed by atoms with Crippen molar-refractivity contribution in [2.24, 2.45) is 16.8 Å². The van der Waals surface area contributed by atoms with E-state index < -0.39 is 16.5 Å². The van der Waals surface area contributed by atoms with Crippen LogP contribution >= 0.6 is 11.8 Å². The number of amides is 1. The summed E-state index contributed by atoms with van der Waals surface area (Å²) in [5.41, 5.74) is 11.5. The first-order chi connectivity index (χ1) is 14.7. The van der Waals surface area contributed by atoms with E-state index in [0.29, 0.717) is 13.0 Å². The zero-order chi connectivity index (χ0) is 22.6. The molecule has 0 aliphatic carbocycles. The molecule has 0 saturated carbocycles. The number of nitrogens with one attached hydrogen (secondary N) is 3. The number of thioether (sulfide) groups is 1. The molecule has 0 aromatic heterocycles. The molecule has 7 nitrogen and oxygen atoms in total. The molecule has 1 heterocycles. The maximum atomic E-state index is 14.5. The van der Waals surface area contributed by atoms with Crippen LogP contribution in [-0.4, -0.2) is 28.5 Å². The summed E-state index contributed by atoms with van der Waals surface area (Å²) in [4.78, 5) is 12.2. The van der Waals surface area contributed by atoms with E-state index in [-0.39, 0.29) is 28.4 Å². The van der Waals surface area contributed by atoms with Crippen LogP contribution in [0.1, 0.15) is 31.4 Å². The van der Waals surface area contributed by atoms with Crippen LogP contribution in [0.3, 0.4) is 0 Å². The SMILES string of the molecule is CC(C)C(=O)N1N=C(c2cc(F)ccc2F)SC1(CCNNC(=N)N)c1ccccc1. The predicted octanol–water partition coefficient (Wildman–Crippen LogP) is 3.09. The molecular weight excluding hydrogens is 422 g/mol. The molecule has 0 spiro atoms. The lowest BCUT2D eigenvalue weighted by atomic mass is 10.0. The number of rotatable bonds is 7. The Hall–Kier alpha value is -2.98. The van der Waals surface area contributed by atoms with Crippen LogP contribution in [0.15, 0.2) is 53.6 Å². The summed E-state index contributed by atoms with van der Waals surface area (Å²) in [5.74, 6) is -2.08. The van der Waals surface area contributed by atoms with Crippen molar-refractivity contribution in [1.29, 1.82) is 5.41 Å². The summed E-state index contributed by atoms with van der Waals surface area (Å²) in [7, 11) is 0. The number of hydrazone groups is 1. The molecule has 10 heteroatoms. The minimum absolute atomic E-state index is 0.000757. The third kappa shape index (κ3) is 4.86. The molecule has 0 saturated heterocycles. The fourth-order valence-electron chi connectivity index (χ4n) is 3.21. The Morgan fingerprint density at radius 3 is 2.61 bits per heavy atom. The Kier molecular flexibility index (Phi) is 6.91. The van der Waals surface area contributed by atoms with Crippen molar-refractivity contribution in [3.05, 3.63) is 71.3 Å². The third-order valence-electron chi connectivity index (χ3n) is 4.70. The van der Waals surface area contributed by atoms with Crippen molar-refractivity contribution in [1.82, 2.24) is 15.9 Å². The minimum Gasteiger partial charge on any atom is -0.369 e. The fraction of sp³-hybridized carbons (Fsp3) is 0.286. The Balaban J connectivity index is 2.07. The van der Waals surface area contributed by atoms with Gasteiger partial charge in [-0.3, -0.25) is 15.6 Å². The summed E-state index contributed by atoms with van der Waals surface area (Å²) in [6, 6.07) is 12.4. The minimum atomic E-state index is -0.998. The molecule has 3 rings (SSSR count). The summed E-state index contributed by atoms with van der Waals surface area (Å²) in [6.45, 7) is 3.83. The van der Waals surface area contributed by atoms with Crippen LogP contribution in [0.2, 0.25) is 0 Å². The normalized spacial score (nSPS) is 18.2. The van der Waals surface area contributed by atoms with Gasteiger partial charge >= 0.3 is 0 Å². The van der Waals surface area contributed by atoms with Gasteiger partial charge in [0, 0.05) is 24.4 Å². The van der Waals surface area contributed by atoms with Crippen molar-refractivity contribution in [2.45, 2.75) is 25.1 Å². The number of benzene rings is 2. The molecule has 1 atom stereocenters. The number of carbonyl (C=O) groups excluding carboxylic acids is 1. The molecule has 2 aromatic carbocycles. The predicted molar refractivity (Wildman–Crippen MR) is 118 cm³/mol. The van der Waals surface area contributed by atoms with Crippen molar-refractivity contribution in [3.63, 3.8) is 0 Å².